The third-order valence-electron chi connectivity index (χ3n) is 9.33. The Labute approximate surface area is 258 Å². The van der Waals surface area contributed by atoms with Crippen molar-refractivity contribution in [2.24, 2.45) is 0 Å². The Hall–Kier alpha value is -5.22. The second kappa shape index (κ2) is 9.14. The van der Waals surface area contributed by atoms with E-state index in [2.05, 4.69) is 133 Å². The molecule has 4 heteroatoms. The number of hydrogen-bond acceptors (Lipinski definition) is 2. The molecule has 2 aliphatic rings. The van der Waals surface area contributed by atoms with Crippen molar-refractivity contribution in [3.8, 4) is 22.6 Å². The average Bonchev–Trinajstić information content (AvgIpc) is 3.37. The van der Waals surface area contributed by atoms with E-state index >= 15 is 0 Å². The predicted molar refractivity (Wildman–Crippen MR) is 185 cm³/mol. The van der Waals surface area contributed by atoms with Crippen LogP contribution >= 0.6 is 0 Å². The van der Waals surface area contributed by atoms with E-state index in [1.54, 1.807) is 0 Å². The quantitative estimate of drug-likeness (QED) is 0.198. The lowest BCUT2D eigenvalue weighted by Crippen LogP contribution is -2.56. The van der Waals surface area contributed by atoms with Crippen molar-refractivity contribution < 1.29 is 4.74 Å². The molecule has 0 saturated heterocycles. The number of ether oxygens (including phenoxy) is 1. The Bertz CT molecular complexity index is 2250. The molecule has 0 radical (unpaired) electrons. The van der Waals surface area contributed by atoms with Gasteiger partial charge in [0.15, 0.2) is 0 Å². The van der Waals surface area contributed by atoms with Gasteiger partial charge < -0.3 is 14.1 Å². The van der Waals surface area contributed by atoms with Crippen LogP contribution in [0.15, 0.2) is 133 Å². The van der Waals surface area contributed by atoms with E-state index in [4.69, 9.17) is 4.74 Å². The Morgan fingerprint density at radius 3 is 2.09 bits per heavy atom. The second-order valence-electron chi connectivity index (χ2n) is 13.0. The Balaban J connectivity index is 1.44. The summed E-state index contributed by atoms with van der Waals surface area (Å²) in [6.45, 7) is 6.98. The van der Waals surface area contributed by atoms with E-state index in [0.717, 1.165) is 11.5 Å². The molecule has 7 aromatic rings. The molecule has 9 rings (SSSR count). The number of benzene rings is 6. The maximum Gasteiger partial charge on any atom is 0.333 e. The van der Waals surface area contributed by atoms with Crippen LogP contribution in [0.4, 0.5) is 17.1 Å². The number of nitrogens with zero attached hydrogens (tertiary/aromatic N) is 2. The molecule has 0 bridgehead atoms. The molecular weight excluding hydrogens is 535 g/mol. The van der Waals surface area contributed by atoms with Gasteiger partial charge in [-0.3, -0.25) is 0 Å². The maximum absolute atomic E-state index is 6.55. The number of para-hydroxylation sites is 4. The molecule has 44 heavy (non-hydrogen) atoms. The topological polar surface area (TPSA) is 17.4 Å². The molecule has 0 spiro atoms. The van der Waals surface area contributed by atoms with Crippen LogP contribution in [0.2, 0.25) is 0 Å². The molecule has 3 heterocycles. The van der Waals surface area contributed by atoms with Gasteiger partial charge in [-0.25, -0.2) is 0 Å². The highest BCUT2D eigenvalue weighted by Gasteiger charge is 2.43. The summed E-state index contributed by atoms with van der Waals surface area (Å²) in [5.41, 5.74) is 12.6. The van der Waals surface area contributed by atoms with Gasteiger partial charge in [-0.15, -0.1) is 0 Å². The summed E-state index contributed by atoms with van der Waals surface area (Å²) in [7, 11) is 0. The summed E-state index contributed by atoms with van der Waals surface area (Å²) < 4.78 is 9.14. The summed E-state index contributed by atoms with van der Waals surface area (Å²) in [6.07, 6.45) is 0. The molecular formula is C40H31BN2O. The molecule has 2 aliphatic heterocycles. The molecule has 0 atom stereocenters. The van der Waals surface area contributed by atoms with Crippen LogP contribution in [0.25, 0.3) is 32.9 Å². The van der Waals surface area contributed by atoms with E-state index < -0.39 is 0 Å². The largest absolute Gasteiger partial charge is 0.457 e. The number of fused-ring (bicyclic) bond motifs is 7. The molecule has 0 saturated carbocycles. The number of aromatic nitrogens is 1. The highest BCUT2D eigenvalue weighted by atomic mass is 16.5. The van der Waals surface area contributed by atoms with E-state index in [1.807, 2.05) is 30.3 Å². The van der Waals surface area contributed by atoms with E-state index in [-0.39, 0.29) is 12.3 Å². The van der Waals surface area contributed by atoms with Gasteiger partial charge in [0.25, 0.3) is 0 Å². The minimum atomic E-state index is -0.0399. The molecule has 0 fully saturated rings. The zero-order chi connectivity index (χ0) is 29.6. The first-order valence-electron chi connectivity index (χ1n) is 15.4. The van der Waals surface area contributed by atoms with Crippen LogP contribution in [-0.2, 0) is 5.41 Å². The zero-order valence-corrected chi connectivity index (χ0v) is 25.1. The molecule has 0 amide bonds. The fourth-order valence-corrected chi connectivity index (χ4v) is 7.36. The first-order chi connectivity index (χ1) is 21.5. The summed E-state index contributed by atoms with van der Waals surface area (Å²) in [5, 5.41) is 2.47. The summed E-state index contributed by atoms with van der Waals surface area (Å²) >= 11 is 0. The first-order valence-corrected chi connectivity index (χ1v) is 15.4. The van der Waals surface area contributed by atoms with Crippen LogP contribution < -0.4 is 20.6 Å². The van der Waals surface area contributed by atoms with Crippen molar-refractivity contribution in [1.82, 2.24) is 4.48 Å². The summed E-state index contributed by atoms with van der Waals surface area (Å²) in [6, 6.07) is 48.1. The van der Waals surface area contributed by atoms with Gasteiger partial charge >= 0.3 is 6.85 Å². The van der Waals surface area contributed by atoms with Crippen molar-refractivity contribution in [2.75, 3.05) is 4.90 Å². The normalized spacial score (nSPS) is 13.2. The molecule has 1 aromatic heterocycles. The van der Waals surface area contributed by atoms with Gasteiger partial charge in [-0.05, 0) is 82.1 Å². The molecule has 0 N–H and O–H groups in total. The van der Waals surface area contributed by atoms with Crippen molar-refractivity contribution in [3.05, 3.63) is 139 Å². The highest BCUT2D eigenvalue weighted by Crippen LogP contribution is 2.48. The minimum absolute atomic E-state index is 0.0399. The van der Waals surface area contributed by atoms with Crippen LogP contribution in [0.1, 0.15) is 26.3 Å². The monoisotopic (exact) mass is 566 g/mol. The van der Waals surface area contributed by atoms with Crippen LogP contribution in [-0.4, -0.2) is 11.3 Å². The number of anilines is 3. The third kappa shape index (κ3) is 3.58. The molecule has 3 nitrogen and oxygen atoms in total. The van der Waals surface area contributed by atoms with Gasteiger partial charge in [0.1, 0.15) is 11.5 Å². The van der Waals surface area contributed by atoms with Gasteiger partial charge in [-0.2, -0.15) is 0 Å². The lowest BCUT2D eigenvalue weighted by Gasteiger charge is -2.41. The van der Waals surface area contributed by atoms with Crippen LogP contribution in [0.3, 0.4) is 0 Å². The van der Waals surface area contributed by atoms with Crippen molar-refractivity contribution in [1.29, 1.82) is 0 Å². The lowest BCUT2D eigenvalue weighted by atomic mass is 9.45. The summed E-state index contributed by atoms with van der Waals surface area (Å²) in [4.78, 5) is 2.47. The molecule has 0 unspecified atom stereocenters. The van der Waals surface area contributed by atoms with E-state index in [9.17, 15) is 0 Å². The van der Waals surface area contributed by atoms with Crippen LogP contribution in [0, 0.1) is 0 Å². The number of rotatable bonds is 3. The average molecular weight is 567 g/mol. The Morgan fingerprint density at radius 2 is 1.30 bits per heavy atom. The van der Waals surface area contributed by atoms with Crippen molar-refractivity contribution in [3.63, 3.8) is 0 Å². The van der Waals surface area contributed by atoms with Gasteiger partial charge in [0.05, 0.1) is 0 Å². The summed E-state index contributed by atoms with van der Waals surface area (Å²) in [5.74, 6) is 1.69. The fourth-order valence-electron chi connectivity index (χ4n) is 7.36. The number of hydrogen-bond donors (Lipinski definition) is 0. The smallest absolute Gasteiger partial charge is 0.333 e. The highest BCUT2D eigenvalue weighted by molar-refractivity contribution is 6.90. The van der Waals surface area contributed by atoms with Crippen molar-refractivity contribution >= 4 is 56.6 Å². The minimum Gasteiger partial charge on any atom is -0.457 e. The molecule has 210 valence electrons. The van der Waals surface area contributed by atoms with Gasteiger partial charge in [0.2, 0.25) is 0 Å². The van der Waals surface area contributed by atoms with E-state index in [0.29, 0.717) is 0 Å². The Kier molecular flexibility index (Phi) is 5.26. The fraction of sp³-hybridized carbons (Fsp3) is 0.100. The first kappa shape index (κ1) is 25.3. The lowest BCUT2D eigenvalue weighted by molar-refractivity contribution is 0.483. The Morgan fingerprint density at radius 1 is 0.591 bits per heavy atom. The third-order valence-corrected chi connectivity index (χ3v) is 9.33. The zero-order valence-electron chi connectivity index (χ0n) is 25.1. The SMILES string of the molecule is CC(C)(C)c1cc2c3c(c1)N(c1ccccc1)c1ccccc1B3n1c3ccccc3c3cc(Oc4ccccc4)cc-2c31. The van der Waals surface area contributed by atoms with E-state index in [1.165, 1.54) is 66.5 Å². The second-order valence-corrected chi connectivity index (χ2v) is 13.0. The van der Waals surface area contributed by atoms with Crippen molar-refractivity contribution in [2.45, 2.75) is 26.2 Å². The molecule has 0 aliphatic carbocycles. The molecule has 6 aromatic carbocycles. The predicted octanol–water partition coefficient (Wildman–Crippen LogP) is 9.30. The van der Waals surface area contributed by atoms with Gasteiger partial charge in [0, 0.05) is 44.4 Å². The van der Waals surface area contributed by atoms with Gasteiger partial charge in [-0.1, -0.05) is 99.6 Å². The maximum atomic E-state index is 6.55. The standard InChI is InChI=1S/C40H31BN2O/c1-40(2,3)26-22-31-33-25-29(44-28-16-8-5-9-17-28)24-32-30-18-10-12-20-35(30)43(39(32)33)41-34-19-11-13-21-36(34)42(37(23-26)38(31)41)27-14-6-4-7-15-27/h4-25H,1-3H3. The van der Waals surface area contributed by atoms with Crippen LogP contribution in [0.5, 0.6) is 11.5 Å².